The molecule has 2 atom stereocenters. The second-order valence-corrected chi connectivity index (χ2v) is 8.02. The van der Waals surface area contributed by atoms with E-state index in [2.05, 4.69) is 4.98 Å². The molecule has 1 aromatic carbocycles. The quantitative estimate of drug-likeness (QED) is 0.424. The van der Waals surface area contributed by atoms with Crippen LogP contribution in [0.25, 0.3) is 10.6 Å². The van der Waals surface area contributed by atoms with Gasteiger partial charge in [-0.25, -0.2) is 4.98 Å². The van der Waals surface area contributed by atoms with Gasteiger partial charge in [0.05, 0.1) is 17.5 Å². The van der Waals surface area contributed by atoms with E-state index in [0.29, 0.717) is 23.6 Å². The molecule has 0 bridgehead atoms. The van der Waals surface area contributed by atoms with Gasteiger partial charge in [0, 0.05) is 16.0 Å². The molecule has 2 amide bonds. The van der Waals surface area contributed by atoms with E-state index in [1.54, 1.807) is 12.1 Å². The minimum atomic E-state index is -0.616. The fourth-order valence-electron chi connectivity index (χ4n) is 3.45. The Morgan fingerprint density at radius 3 is 2.43 bits per heavy atom. The fourth-order valence-corrected chi connectivity index (χ4v) is 4.39. The molecule has 144 valence electrons. The van der Waals surface area contributed by atoms with Crippen LogP contribution in [0.4, 0.5) is 0 Å². The zero-order chi connectivity index (χ0) is 19.7. The topological polar surface area (TPSA) is 76.6 Å². The minimum Gasteiger partial charge on any atom is -0.458 e. The van der Waals surface area contributed by atoms with E-state index in [1.165, 1.54) is 11.3 Å². The molecular weight excluding hydrogens is 400 g/mol. The van der Waals surface area contributed by atoms with Crippen LogP contribution in [0.2, 0.25) is 5.02 Å². The number of fused-ring (bicyclic) bond motifs is 1. The van der Waals surface area contributed by atoms with Gasteiger partial charge in [-0.05, 0) is 25.0 Å². The molecule has 8 heteroatoms. The van der Waals surface area contributed by atoms with E-state index in [4.69, 9.17) is 16.3 Å². The largest absolute Gasteiger partial charge is 0.458 e. The van der Waals surface area contributed by atoms with Gasteiger partial charge in [0.15, 0.2) is 0 Å². The first-order valence-electron chi connectivity index (χ1n) is 8.89. The van der Waals surface area contributed by atoms with Crippen molar-refractivity contribution in [2.24, 2.45) is 11.8 Å². The van der Waals surface area contributed by atoms with Crippen molar-refractivity contribution in [1.82, 2.24) is 9.88 Å². The van der Waals surface area contributed by atoms with E-state index in [1.807, 2.05) is 29.7 Å². The zero-order valence-electron chi connectivity index (χ0n) is 14.8. The molecule has 0 saturated carbocycles. The lowest BCUT2D eigenvalue weighted by molar-refractivity contribution is -0.153. The van der Waals surface area contributed by atoms with Crippen molar-refractivity contribution in [3.8, 4) is 10.6 Å². The highest BCUT2D eigenvalue weighted by atomic mass is 35.5. The maximum atomic E-state index is 12.4. The summed E-state index contributed by atoms with van der Waals surface area (Å²) in [6, 6.07) is 7.32. The molecule has 2 aromatic rings. The average Bonchev–Trinajstić information content (AvgIpc) is 3.27. The highest BCUT2D eigenvalue weighted by Gasteiger charge is 2.47. The summed E-state index contributed by atoms with van der Waals surface area (Å²) in [6.07, 6.45) is 4.92. The molecule has 0 spiro atoms. The van der Waals surface area contributed by atoms with Crippen LogP contribution in [0.1, 0.15) is 18.5 Å². The maximum Gasteiger partial charge on any atom is 0.326 e. The SMILES string of the molecule is O=C(CN1C(=O)[C@@H]2CC=CC[C@H]2C1=O)OCc1csc(-c2ccc(Cl)cc2)n1. The predicted molar refractivity (Wildman–Crippen MR) is 104 cm³/mol. The van der Waals surface area contributed by atoms with Gasteiger partial charge in [-0.1, -0.05) is 35.9 Å². The molecule has 1 aliphatic carbocycles. The molecular formula is C20H17ClN2O4S. The number of imide groups is 1. The van der Waals surface area contributed by atoms with Crippen LogP contribution in [0.15, 0.2) is 41.8 Å². The molecule has 1 saturated heterocycles. The summed E-state index contributed by atoms with van der Waals surface area (Å²) < 4.78 is 5.23. The van der Waals surface area contributed by atoms with Gasteiger partial charge < -0.3 is 4.74 Å². The molecule has 0 radical (unpaired) electrons. The maximum absolute atomic E-state index is 12.4. The number of aromatic nitrogens is 1. The lowest BCUT2D eigenvalue weighted by Gasteiger charge is -2.14. The number of thiazole rings is 1. The number of hydrogen-bond acceptors (Lipinski definition) is 6. The third-order valence-electron chi connectivity index (χ3n) is 4.91. The van der Waals surface area contributed by atoms with E-state index in [-0.39, 0.29) is 36.8 Å². The highest BCUT2D eigenvalue weighted by Crippen LogP contribution is 2.35. The van der Waals surface area contributed by atoms with E-state index >= 15 is 0 Å². The van der Waals surface area contributed by atoms with Crippen LogP contribution in [0.5, 0.6) is 0 Å². The van der Waals surface area contributed by atoms with Crippen LogP contribution >= 0.6 is 22.9 Å². The Hall–Kier alpha value is -2.51. The van der Waals surface area contributed by atoms with Crippen molar-refractivity contribution in [3.05, 3.63) is 52.5 Å². The Morgan fingerprint density at radius 1 is 1.14 bits per heavy atom. The van der Waals surface area contributed by atoms with Crippen LogP contribution in [-0.2, 0) is 25.7 Å². The summed E-state index contributed by atoms with van der Waals surface area (Å²) in [6.45, 7) is -0.355. The van der Waals surface area contributed by atoms with Gasteiger partial charge >= 0.3 is 5.97 Å². The third kappa shape index (κ3) is 3.72. The van der Waals surface area contributed by atoms with Crippen molar-refractivity contribution < 1.29 is 19.1 Å². The first-order chi connectivity index (χ1) is 13.5. The second kappa shape index (κ2) is 7.85. The molecule has 4 rings (SSSR count). The van der Waals surface area contributed by atoms with Gasteiger partial charge in [-0.3, -0.25) is 19.3 Å². The number of likely N-dealkylation sites (tertiary alicyclic amines) is 1. The normalized spacial score (nSPS) is 21.1. The van der Waals surface area contributed by atoms with Gasteiger partial charge in [0.1, 0.15) is 18.2 Å². The third-order valence-corrected chi connectivity index (χ3v) is 6.10. The number of hydrogen-bond donors (Lipinski definition) is 0. The van der Waals surface area contributed by atoms with Gasteiger partial charge in [-0.15, -0.1) is 11.3 Å². The van der Waals surface area contributed by atoms with Crippen molar-refractivity contribution in [3.63, 3.8) is 0 Å². The molecule has 2 heterocycles. The number of nitrogens with zero attached hydrogens (tertiary/aromatic N) is 2. The van der Waals surface area contributed by atoms with Crippen molar-refractivity contribution in [1.29, 1.82) is 0 Å². The van der Waals surface area contributed by atoms with Crippen LogP contribution in [0.3, 0.4) is 0 Å². The molecule has 1 aliphatic heterocycles. The second-order valence-electron chi connectivity index (χ2n) is 6.73. The number of esters is 1. The number of amides is 2. The summed E-state index contributed by atoms with van der Waals surface area (Å²) in [5.41, 5.74) is 1.54. The zero-order valence-corrected chi connectivity index (χ0v) is 16.4. The van der Waals surface area contributed by atoms with Crippen LogP contribution in [0, 0.1) is 11.8 Å². The number of ether oxygens (including phenoxy) is 1. The van der Waals surface area contributed by atoms with Crippen molar-refractivity contribution in [2.75, 3.05) is 6.54 Å². The summed E-state index contributed by atoms with van der Waals surface area (Å²) in [5.74, 6) is -1.86. The summed E-state index contributed by atoms with van der Waals surface area (Å²) >= 11 is 7.33. The summed E-state index contributed by atoms with van der Waals surface area (Å²) in [4.78, 5) is 42.4. The lowest BCUT2D eigenvalue weighted by atomic mass is 9.85. The Balaban J connectivity index is 1.33. The average molecular weight is 417 g/mol. The molecule has 28 heavy (non-hydrogen) atoms. The number of allylic oxidation sites excluding steroid dienone is 2. The number of benzene rings is 1. The highest BCUT2D eigenvalue weighted by molar-refractivity contribution is 7.13. The van der Waals surface area contributed by atoms with E-state index < -0.39 is 5.97 Å². The first-order valence-corrected chi connectivity index (χ1v) is 10.1. The van der Waals surface area contributed by atoms with Crippen LogP contribution < -0.4 is 0 Å². The molecule has 0 N–H and O–H groups in total. The fraction of sp³-hybridized carbons (Fsp3) is 0.300. The van der Waals surface area contributed by atoms with Gasteiger partial charge in [-0.2, -0.15) is 0 Å². The van der Waals surface area contributed by atoms with Crippen molar-refractivity contribution in [2.45, 2.75) is 19.4 Å². The smallest absolute Gasteiger partial charge is 0.326 e. The summed E-state index contributed by atoms with van der Waals surface area (Å²) in [5, 5.41) is 3.25. The minimum absolute atomic E-state index is 0.00639. The van der Waals surface area contributed by atoms with Gasteiger partial charge in [0.25, 0.3) is 0 Å². The predicted octanol–water partition coefficient (Wildman–Crippen LogP) is 3.46. The molecule has 2 aliphatic rings. The Kier molecular flexibility index (Phi) is 5.28. The standard InChI is InChI=1S/C20H17ClN2O4S/c21-13-7-5-12(6-8-13)18-22-14(11-28-18)10-27-17(24)9-23-19(25)15-3-1-2-4-16(15)20(23)26/h1-2,5-8,11,15-16H,3-4,9-10H2/t15-,16-/m1/s1. The first kappa shape index (κ1) is 18.8. The molecule has 0 unspecified atom stereocenters. The number of halogens is 1. The monoisotopic (exact) mass is 416 g/mol. The number of carbonyl (C=O) groups is 3. The lowest BCUT2D eigenvalue weighted by Crippen LogP contribution is -2.36. The van der Waals surface area contributed by atoms with Crippen LogP contribution in [-0.4, -0.2) is 34.2 Å². The Morgan fingerprint density at radius 2 is 1.79 bits per heavy atom. The van der Waals surface area contributed by atoms with Gasteiger partial charge in [0.2, 0.25) is 11.8 Å². The van der Waals surface area contributed by atoms with E-state index in [9.17, 15) is 14.4 Å². The Labute approximate surface area is 170 Å². The molecule has 1 fully saturated rings. The number of rotatable bonds is 5. The number of carbonyl (C=O) groups excluding carboxylic acids is 3. The molecule has 6 nitrogen and oxygen atoms in total. The summed E-state index contributed by atoms with van der Waals surface area (Å²) in [7, 11) is 0. The van der Waals surface area contributed by atoms with E-state index in [0.717, 1.165) is 15.5 Å². The Bertz CT molecular complexity index is 927. The molecule has 1 aromatic heterocycles. The van der Waals surface area contributed by atoms with Crippen molar-refractivity contribution >= 4 is 40.7 Å².